The zero-order valence-electron chi connectivity index (χ0n) is 17.5. The van der Waals surface area contributed by atoms with E-state index in [0.29, 0.717) is 43.6 Å². The van der Waals surface area contributed by atoms with Crippen LogP contribution in [0, 0.1) is 5.92 Å². The van der Waals surface area contributed by atoms with Gasteiger partial charge in [-0.2, -0.15) is 0 Å². The number of amides is 3. The van der Waals surface area contributed by atoms with Gasteiger partial charge in [-0.3, -0.25) is 4.79 Å². The van der Waals surface area contributed by atoms with E-state index < -0.39 is 6.04 Å². The van der Waals surface area contributed by atoms with Gasteiger partial charge in [-0.1, -0.05) is 19.9 Å². The summed E-state index contributed by atoms with van der Waals surface area (Å²) in [6, 6.07) is 8.00. The quantitative estimate of drug-likeness (QED) is 0.753. The number of anilines is 2. The molecule has 9 heteroatoms. The maximum absolute atomic E-state index is 12.8. The highest BCUT2D eigenvalue weighted by atomic mass is 16.5. The molecule has 0 spiro atoms. The fourth-order valence-electron chi connectivity index (χ4n) is 3.24. The number of carbonyl (C=O) groups is 2. The van der Waals surface area contributed by atoms with Crippen molar-refractivity contribution in [2.75, 3.05) is 43.5 Å². The van der Waals surface area contributed by atoms with Gasteiger partial charge < -0.3 is 25.2 Å². The summed E-state index contributed by atoms with van der Waals surface area (Å²) in [5.74, 6) is 0.981. The molecule has 2 aromatic rings. The summed E-state index contributed by atoms with van der Waals surface area (Å²) in [7, 11) is 1.57. The second-order valence-corrected chi connectivity index (χ2v) is 7.42. The SMILES string of the molecule is COc1cccc(NC(=O)[C@H](NC(=O)N2CCN(c3ncccn3)CC2)C(C)C)c1. The van der Waals surface area contributed by atoms with Crippen molar-refractivity contribution in [1.29, 1.82) is 0 Å². The lowest BCUT2D eigenvalue weighted by Gasteiger charge is -2.35. The minimum atomic E-state index is -0.654. The molecule has 3 amide bonds. The molecular formula is C21H28N6O3. The molecule has 0 aliphatic carbocycles. The van der Waals surface area contributed by atoms with E-state index >= 15 is 0 Å². The number of nitrogens with zero attached hydrogens (tertiary/aromatic N) is 4. The lowest BCUT2D eigenvalue weighted by Crippen LogP contribution is -2.56. The van der Waals surface area contributed by atoms with E-state index in [1.165, 1.54) is 0 Å². The number of rotatable bonds is 6. The van der Waals surface area contributed by atoms with Gasteiger partial charge in [0, 0.05) is 50.3 Å². The Morgan fingerprint density at radius 2 is 1.77 bits per heavy atom. The van der Waals surface area contributed by atoms with Crippen LogP contribution in [0.1, 0.15) is 13.8 Å². The number of methoxy groups -OCH3 is 1. The predicted octanol–water partition coefficient (Wildman–Crippen LogP) is 1.98. The van der Waals surface area contributed by atoms with Crippen molar-refractivity contribution in [1.82, 2.24) is 20.2 Å². The first-order valence-corrected chi connectivity index (χ1v) is 10.00. The summed E-state index contributed by atoms with van der Waals surface area (Å²) in [5, 5.41) is 5.74. The van der Waals surface area contributed by atoms with Gasteiger partial charge in [0.25, 0.3) is 0 Å². The van der Waals surface area contributed by atoms with Crippen molar-refractivity contribution < 1.29 is 14.3 Å². The van der Waals surface area contributed by atoms with Crippen molar-refractivity contribution in [2.24, 2.45) is 5.92 Å². The molecule has 30 heavy (non-hydrogen) atoms. The Morgan fingerprint density at radius 3 is 2.40 bits per heavy atom. The standard InChI is InChI=1S/C21H28N6O3/c1-15(2)18(19(28)24-16-6-4-7-17(14-16)30-3)25-21(29)27-12-10-26(11-13-27)20-22-8-5-9-23-20/h4-9,14-15,18H,10-13H2,1-3H3,(H,24,28)(H,25,29)/t18-/m1/s1. The highest BCUT2D eigenvalue weighted by Crippen LogP contribution is 2.18. The van der Waals surface area contributed by atoms with Crippen LogP contribution in [-0.2, 0) is 4.79 Å². The molecule has 1 fully saturated rings. The maximum Gasteiger partial charge on any atom is 0.318 e. The third-order valence-electron chi connectivity index (χ3n) is 4.97. The molecule has 2 heterocycles. The van der Waals surface area contributed by atoms with Crippen LogP contribution in [0.15, 0.2) is 42.7 Å². The zero-order chi connectivity index (χ0) is 21.5. The number of piperazine rings is 1. The first kappa shape index (κ1) is 21.4. The second-order valence-electron chi connectivity index (χ2n) is 7.42. The summed E-state index contributed by atoms with van der Waals surface area (Å²) in [4.78, 5) is 37.8. The normalized spacial score (nSPS) is 14.9. The van der Waals surface area contributed by atoms with Gasteiger partial charge in [-0.25, -0.2) is 14.8 Å². The first-order chi connectivity index (χ1) is 14.5. The molecule has 0 bridgehead atoms. The molecule has 2 N–H and O–H groups in total. The topological polar surface area (TPSA) is 99.7 Å². The van der Waals surface area contributed by atoms with Crippen LogP contribution in [0.4, 0.5) is 16.4 Å². The van der Waals surface area contributed by atoms with E-state index in [4.69, 9.17) is 4.74 Å². The van der Waals surface area contributed by atoms with E-state index in [2.05, 4.69) is 20.6 Å². The smallest absolute Gasteiger partial charge is 0.318 e. The van der Waals surface area contributed by atoms with Gasteiger partial charge in [-0.15, -0.1) is 0 Å². The van der Waals surface area contributed by atoms with Crippen molar-refractivity contribution in [3.8, 4) is 5.75 Å². The Morgan fingerprint density at radius 1 is 1.07 bits per heavy atom. The summed E-state index contributed by atoms with van der Waals surface area (Å²) >= 11 is 0. The molecule has 0 unspecified atom stereocenters. The summed E-state index contributed by atoms with van der Waals surface area (Å²) < 4.78 is 5.19. The maximum atomic E-state index is 12.8. The lowest BCUT2D eigenvalue weighted by atomic mass is 10.0. The fourth-order valence-corrected chi connectivity index (χ4v) is 3.24. The molecule has 3 rings (SSSR count). The van der Waals surface area contributed by atoms with Gasteiger partial charge in [-0.05, 0) is 24.1 Å². The molecule has 1 saturated heterocycles. The summed E-state index contributed by atoms with van der Waals surface area (Å²) in [6.45, 7) is 6.15. The molecule has 0 radical (unpaired) electrons. The van der Waals surface area contributed by atoms with Crippen LogP contribution in [0.3, 0.4) is 0 Å². The highest BCUT2D eigenvalue weighted by Gasteiger charge is 2.28. The average molecular weight is 412 g/mol. The Hall–Kier alpha value is -3.36. The van der Waals surface area contributed by atoms with Crippen molar-refractivity contribution in [2.45, 2.75) is 19.9 Å². The Bertz CT molecular complexity index is 853. The molecule has 1 aliphatic rings. The summed E-state index contributed by atoms with van der Waals surface area (Å²) in [5.41, 5.74) is 0.621. The number of benzene rings is 1. The van der Waals surface area contributed by atoms with Crippen molar-refractivity contribution in [3.63, 3.8) is 0 Å². The van der Waals surface area contributed by atoms with Gasteiger partial charge in [0.15, 0.2) is 0 Å². The Labute approximate surface area is 176 Å². The van der Waals surface area contributed by atoms with Crippen LogP contribution in [0.2, 0.25) is 0 Å². The number of urea groups is 1. The molecule has 0 saturated carbocycles. The molecule has 1 aliphatic heterocycles. The monoisotopic (exact) mass is 412 g/mol. The molecule has 160 valence electrons. The lowest BCUT2D eigenvalue weighted by molar-refractivity contribution is -0.118. The van der Waals surface area contributed by atoms with Gasteiger partial charge in [0.05, 0.1) is 7.11 Å². The van der Waals surface area contributed by atoms with Gasteiger partial charge in [0.1, 0.15) is 11.8 Å². The van der Waals surface area contributed by atoms with Crippen LogP contribution in [0.5, 0.6) is 5.75 Å². The third-order valence-corrected chi connectivity index (χ3v) is 4.97. The van der Waals surface area contributed by atoms with E-state index in [9.17, 15) is 9.59 Å². The largest absolute Gasteiger partial charge is 0.497 e. The molecule has 1 aromatic carbocycles. The molecule has 1 aromatic heterocycles. The van der Waals surface area contributed by atoms with E-state index in [-0.39, 0.29) is 17.9 Å². The fraction of sp³-hybridized carbons (Fsp3) is 0.429. The number of hydrogen-bond donors (Lipinski definition) is 2. The molecular weight excluding hydrogens is 384 g/mol. The second kappa shape index (κ2) is 9.91. The van der Waals surface area contributed by atoms with E-state index in [0.717, 1.165) is 0 Å². The van der Waals surface area contributed by atoms with Gasteiger partial charge in [0.2, 0.25) is 11.9 Å². The average Bonchev–Trinajstić information content (AvgIpc) is 2.77. The third kappa shape index (κ3) is 5.37. The van der Waals surface area contributed by atoms with E-state index in [1.54, 1.807) is 54.7 Å². The summed E-state index contributed by atoms with van der Waals surface area (Å²) in [6.07, 6.45) is 3.41. The Balaban J connectivity index is 1.57. The van der Waals surface area contributed by atoms with Crippen LogP contribution >= 0.6 is 0 Å². The zero-order valence-corrected chi connectivity index (χ0v) is 17.5. The van der Waals surface area contributed by atoms with Gasteiger partial charge >= 0.3 is 6.03 Å². The number of ether oxygens (including phenoxy) is 1. The van der Waals surface area contributed by atoms with E-state index in [1.807, 2.05) is 18.7 Å². The van der Waals surface area contributed by atoms with Crippen molar-refractivity contribution >= 4 is 23.6 Å². The number of aromatic nitrogens is 2. The Kier molecular flexibility index (Phi) is 7.05. The number of carbonyl (C=O) groups excluding carboxylic acids is 2. The number of nitrogens with one attached hydrogen (secondary N) is 2. The van der Waals surface area contributed by atoms with Crippen LogP contribution < -0.4 is 20.3 Å². The first-order valence-electron chi connectivity index (χ1n) is 10.00. The number of hydrogen-bond acceptors (Lipinski definition) is 6. The minimum Gasteiger partial charge on any atom is -0.497 e. The van der Waals surface area contributed by atoms with Crippen molar-refractivity contribution in [3.05, 3.63) is 42.7 Å². The minimum absolute atomic E-state index is 0.0708. The van der Waals surface area contributed by atoms with Crippen LogP contribution in [-0.4, -0.2) is 66.1 Å². The molecule has 1 atom stereocenters. The highest BCUT2D eigenvalue weighted by molar-refractivity contribution is 5.97. The molecule has 9 nitrogen and oxygen atoms in total. The van der Waals surface area contributed by atoms with Crippen LogP contribution in [0.25, 0.3) is 0 Å². The predicted molar refractivity (Wildman–Crippen MR) is 115 cm³/mol.